The first-order chi connectivity index (χ1) is 8.54. The van der Waals surface area contributed by atoms with Crippen LogP contribution in [0.15, 0.2) is 24.3 Å². The molecule has 1 saturated heterocycles. The Morgan fingerprint density at radius 1 is 1.17 bits per heavy atom. The van der Waals surface area contributed by atoms with Crippen LogP contribution in [0.4, 0.5) is 0 Å². The predicted octanol–water partition coefficient (Wildman–Crippen LogP) is 3.37. The number of carbonyl (C=O) groups excluding carboxylic acids is 1. The predicted molar refractivity (Wildman–Crippen MR) is 74.7 cm³/mol. The maximum atomic E-state index is 11.2. The molecule has 0 amide bonds. The lowest BCUT2D eigenvalue weighted by Crippen LogP contribution is -2.38. The lowest BCUT2D eigenvalue weighted by atomic mass is 9.91. The summed E-state index contributed by atoms with van der Waals surface area (Å²) in [6.45, 7) is 9.68. The molecule has 0 aromatic heterocycles. The molecule has 1 aromatic carbocycles. The summed E-state index contributed by atoms with van der Waals surface area (Å²) in [5.74, 6) is 1.73. The number of hydrogen-bond acceptors (Lipinski definition) is 2. The van der Waals surface area contributed by atoms with Crippen LogP contribution in [0.3, 0.4) is 0 Å². The van der Waals surface area contributed by atoms with Crippen LogP contribution in [0.1, 0.15) is 43.1 Å². The molecule has 0 spiro atoms. The molecule has 0 bridgehead atoms. The van der Waals surface area contributed by atoms with Gasteiger partial charge in [0.2, 0.25) is 0 Å². The Balaban J connectivity index is 1.98. The van der Waals surface area contributed by atoms with E-state index in [0.29, 0.717) is 0 Å². The fourth-order valence-corrected chi connectivity index (χ4v) is 3.02. The van der Waals surface area contributed by atoms with E-state index in [4.69, 9.17) is 0 Å². The van der Waals surface area contributed by atoms with Crippen molar-refractivity contribution in [3.63, 3.8) is 0 Å². The van der Waals surface area contributed by atoms with Gasteiger partial charge in [0.1, 0.15) is 0 Å². The minimum Gasteiger partial charge on any atom is -0.299 e. The number of piperidine rings is 1. The molecule has 2 nitrogen and oxygen atoms in total. The van der Waals surface area contributed by atoms with E-state index in [2.05, 4.69) is 30.9 Å². The van der Waals surface area contributed by atoms with Gasteiger partial charge in [-0.15, -0.1) is 0 Å². The van der Waals surface area contributed by atoms with Gasteiger partial charge in [-0.2, -0.15) is 0 Å². The van der Waals surface area contributed by atoms with E-state index >= 15 is 0 Å². The number of hydrogen-bond donors (Lipinski definition) is 0. The summed E-state index contributed by atoms with van der Waals surface area (Å²) in [4.78, 5) is 13.8. The highest BCUT2D eigenvalue weighted by atomic mass is 16.1. The first-order valence-corrected chi connectivity index (χ1v) is 6.87. The summed E-state index contributed by atoms with van der Waals surface area (Å²) in [5, 5.41) is 0. The van der Waals surface area contributed by atoms with E-state index in [9.17, 15) is 4.79 Å². The second-order valence-electron chi connectivity index (χ2n) is 5.89. The molecule has 1 aliphatic rings. The zero-order valence-electron chi connectivity index (χ0n) is 11.6. The maximum Gasteiger partial charge on any atom is 0.159 e. The molecule has 2 heteroatoms. The normalized spacial score (nSPS) is 25.1. The molecule has 1 aliphatic heterocycles. The molecule has 2 unspecified atom stereocenters. The van der Waals surface area contributed by atoms with Crippen LogP contribution in [0.5, 0.6) is 0 Å². The summed E-state index contributed by atoms with van der Waals surface area (Å²) >= 11 is 0. The van der Waals surface area contributed by atoms with Crippen LogP contribution in [0, 0.1) is 11.8 Å². The van der Waals surface area contributed by atoms with Crippen LogP contribution < -0.4 is 0 Å². The number of nitrogens with zero attached hydrogens (tertiary/aromatic N) is 1. The van der Waals surface area contributed by atoms with Gasteiger partial charge in [-0.3, -0.25) is 9.69 Å². The quantitative estimate of drug-likeness (QED) is 0.761. The van der Waals surface area contributed by atoms with Crippen molar-refractivity contribution >= 4 is 5.78 Å². The third kappa shape index (κ3) is 3.42. The number of Topliss-reactive ketones (excluding diaryl/α,β-unsaturated/α-hetero) is 1. The Morgan fingerprint density at radius 2 is 1.72 bits per heavy atom. The Morgan fingerprint density at radius 3 is 2.22 bits per heavy atom. The zero-order chi connectivity index (χ0) is 13.1. The number of carbonyl (C=O) groups is 1. The summed E-state index contributed by atoms with van der Waals surface area (Å²) < 4.78 is 0. The van der Waals surface area contributed by atoms with Crippen molar-refractivity contribution in [2.24, 2.45) is 11.8 Å². The Hall–Kier alpha value is -1.15. The van der Waals surface area contributed by atoms with Crippen molar-refractivity contribution in [3.8, 4) is 0 Å². The Kier molecular flexibility index (Phi) is 4.18. The highest BCUT2D eigenvalue weighted by molar-refractivity contribution is 5.93. The van der Waals surface area contributed by atoms with Gasteiger partial charge in [0, 0.05) is 25.2 Å². The van der Waals surface area contributed by atoms with Gasteiger partial charge in [0.25, 0.3) is 0 Å². The molecule has 0 saturated carbocycles. The second-order valence-corrected chi connectivity index (χ2v) is 5.89. The third-order valence-electron chi connectivity index (χ3n) is 3.71. The lowest BCUT2D eigenvalue weighted by molar-refractivity contribution is 0.101. The fourth-order valence-electron chi connectivity index (χ4n) is 3.02. The first kappa shape index (κ1) is 13.3. The van der Waals surface area contributed by atoms with Crippen LogP contribution in [0.2, 0.25) is 0 Å². The topological polar surface area (TPSA) is 20.3 Å². The first-order valence-electron chi connectivity index (χ1n) is 6.87. The second kappa shape index (κ2) is 5.66. The smallest absolute Gasteiger partial charge is 0.159 e. The van der Waals surface area contributed by atoms with Gasteiger partial charge in [-0.1, -0.05) is 38.1 Å². The molecule has 98 valence electrons. The van der Waals surface area contributed by atoms with E-state index in [1.165, 1.54) is 25.1 Å². The summed E-state index contributed by atoms with van der Waals surface area (Å²) in [6, 6.07) is 8.05. The molecule has 18 heavy (non-hydrogen) atoms. The average molecular weight is 245 g/mol. The molecule has 1 fully saturated rings. The number of ketones is 1. The summed E-state index contributed by atoms with van der Waals surface area (Å²) in [6.07, 6.45) is 1.35. The summed E-state index contributed by atoms with van der Waals surface area (Å²) in [7, 11) is 0. The minimum atomic E-state index is 0.141. The van der Waals surface area contributed by atoms with Gasteiger partial charge in [-0.05, 0) is 30.7 Å². The van der Waals surface area contributed by atoms with Crippen molar-refractivity contribution in [1.82, 2.24) is 4.90 Å². The SMILES string of the molecule is CC(=O)c1ccc(CN2CC(C)CC(C)C2)cc1. The van der Waals surface area contributed by atoms with Crippen LogP contribution in [-0.4, -0.2) is 23.8 Å². The van der Waals surface area contributed by atoms with Gasteiger partial charge >= 0.3 is 0 Å². The lowest BCUT2D eigenvalue weighted by Gasteiger charge is -2.35. The van der Waals surface area contributed by atoms with Crippen LogP contribution in [-0.2, 0) is 6.54 Å². The average Bonchev–Trinajstić information content (AvgIpc) is 2.28. The maximum absolute atomic E-state index is 11.2. The van der Waals surface area contributed by atoms with Crippen molar-refractivity contribution in [2.45, 2.75) is 33.7 Å². The van der Waals surface area contributed by atoms with Crippen molar-refractivity contribution in [2.75, 3.05) is 13.1 Å². The molecule has 2 rings (SSSR count). The van der Waals surface area contributed by atoms with E-state index in [0.717, 1.165) is 23.9 Å². The highest BCUT2D eigenvalue weighted by Crippen LogP contribution is 2.22. The molecule has 1 heterocycles. The van der Waals surface area contributed by atoms with Gasteiger partial charge in [-0.25, -0.2) is 0 Å². The third-order valence-corrected chi connectivity index (χ3v) is 3.71. The molecule has 2 atom stereocenters. The molecular formula is C16H23NO. The molecule has 1 aromatic rings. The van der Waals surface area contributed by atoms with Crippen molar-refractivity contribution in [1.29, 1.82) is 0 Å². The molecule has 0 N–H and O–H groups in total. The Labute approximate surface area is 110 Å². The number of rotatable bonds is 3. The standard InChI is InChI=1S/C16H23NO/c1-12-8-13(2)10-17(9-12)11-15-4-6-16(7-5-15)14(3)18/h4-7,12-13H,8-11H2,1-3H3. The monoisotopic (exact) mass is 245 g/mol. The zero-order valence-corrected chi connectivity index (χ0v) is 11.6. The van der Waals surface area contributed by atoms with Crippen LogP contribution in [0.25, 0.3) is 0 Å². The molecule has 0 aliphatic carbocycles. The largest absolute Gasteiger partial charge is 0.299 e. The van der Waals surface area contributed by atoms with E-state index in [-0.39, 0.29) is 5.78 Å². The van der Waals surface area contributed by atoms with Gasteiger partial charge in [0.15, 0.2) is 5.78 Å². The fraction of sp³-hybridized carbons (Fsp3) is 0.562. The Bertz CT molecular complexity index is 400. The van der Waals surface area contributed by atoms with Gasteiger partial charge in [0.05, 0.1) is 0 Å². The van der Waals surface area contributed by atoms with Crippen molar-refractivity contribution < 1.29 is 4.79 Å². The number of likely N-dealkylation sites (tertiary alicyclic amines) is 1. The summed E-state index contributed by atoms with van der Waals surface area (Å²) in [5.41, 5.74) is 2.11. The van der Waals surface area contributed by atoms with Gasteiger partial charge < -0.3 is 0 Å². The highest BCUT2D eigenvalue weighted by Gasteiger charge is 2.21. The van der Waals surface area contributed by atoms with E-state index < -0.39 is 0 Å². The molecule has 0 radical (unpaired) electrons. The van der Waals surface area contributed by atoms with E-state index in [1.54, 1.807) is 6.92 Å². The van der Waals surface area contributed by atoms with Crippen LogP contribution >= 0.6 is 0 Å². The molecular weight excluding hydrogens is 222 g/mol. The van der Waals surface area contributed by atoms with E-state index in [1.807, 2.05) is 12.1 Å². The van der Waals surface area contributed by atoms with Crippen molar-refractivity contribution in [3.05, 3.63) is 35.4 Å². The minimum absolute atomic E-state index is 0.141. The number of benzene rings is 1.